The van der Waals surface area contributed by atoms with E-state index in [4.69, 9.17) is 18.9 Å². The number of amides is 1. The summed E-state index contributed by atoms with van der Waals surface area (Å²) in [7, 11) is 0. The number of rotatable bonds is 3. The first-order valence-corrected chi connectivity index (χ1v) is 7.60. The number of nitrogens with one attached hydrogen (secondary N) is 1. The Labute approximate surface area is 128 Å². The molecule has 3 fully saturated rings. The Balaban J connectivity index is 1.41. The molecule has 1 amide bonds. The van der Waals surface area contributed by atoms with Gasteiger partial charge in [-0.25, -0.2) is 0 Å². The number of hydrogen-bond acceptors (Lipinski definition) is 5. The van der Waals surface area contributed by atoms with Crippen molar-refractivity contribution in [2.45, 2.75) is 43.7 Å². The molecule has 6 nitrogen and oxygen atoms in total. The lowest BCUT2D eigenvalue weighted by molar-refractivity contribution is -0.281. The van der Waals surface area contributed by atoms with Crippen molar-refractivity contribution < 1.29 is 23.7 Å². The van der Waals surface area contributed by atoms with Crippen molar-refractivity contribution in [3.8, 4) is 0 Å². The van der Waals surface area contributed by atoms with Gasteiger partial charge in [0.05, 0.1) is 6.61 Å². The fourth-order valence-electron chi connectivity index (χ4n) is 3.15. The molecule has 1 unspecified atom stereocenters. The summed E-state index contributed by atoms with van der Waals surface area (Å²) in [6, 6.07) is 9.86. The van der Waals surface area contributed by atoms with Crippen LogP contribution in [-0.2, 0) is 23.7 Å². The van der Waals surface area contributed by atoms with E-state index in [1.165, 1.54) is 6.92 Å². The van der Waals surface area contributed by atoms with Crippen LogP contribution in [-0.4, -0.2) is 49.6 Å². The van der Waals surface area contributed by atoms with Crippen LogP contribution >= 0.6 is 0 Å². The van der Waals surface area contributed by atoms with Gasteiger partial charge in [0.1, 0.15) is 30.5 Å². The monoisotopic (exact) mass is 305 g/mol. The summed E-state index contributed by atoms with van der Waals surface area (Å²) in [5.41, 5.74) is 0.999. The van der Waals surface area contributed by atoms with Gasteiger partial charge in [0.25, 0.3) is 0 Å². The molecule has 1 aromatic rings. The first kappa shape index (κ1) is 14.1. The molecule has 1 aromatic carbocycles. The van der Waals surface area contributed by atoms with Crippen LogP contribution in [0.2, 0.25) is 0 Å². The van der Waals surface area contributed by atoms with Crippen LogP contribution < -0.4 is 5.32 Å². The van der Waals surface area contributed by atoms with Gasteiger partial charge in [0.15, 0.2) is 6.29 Å². The number of carbonyl (C=O) groups excluding carboxylic acids is 1. The molecule has 3 aliphatic rings. The van der Waals surface area contributed by atoms with E-state index in [-0.39, 0.29) is 42.7 Å². The highest BCUT2D eigenvalue weighted by atomic mass is 16.7. The summed E-state index contributed by atoms with van der Waals surface area (Å²) in [4.78, 5) is 11.0. The second-order valence-corrected chi connectivity index (χ2v) is 5.89. The van der Waals surface area contributed by atoms with Crippen molar-refractivity contribution in [1.29, 1.82) is 0 Å². The smallest absolute Gasteiger partial charge is 0.216 e. The third kappa shape index (κ3) is 2.63. The van der Waals surface area contributed by atoms with Crippen LogP contribution in [0, 0.1) is 0 Å². The highest BCUT2D eigenvalue weighted by molar-refractivity contribution is 5.72. The molecule has 3 saturated heterocycles. The largest absolute Gasteiger partial charge is 0.365 e. The lowest BCUT2D eigenvalue weighted by atomic mass is 10.00. The Hall–Kier alpha value is -1.47. The Bertz CT molecular complexity index is 551. The average molecular weight is 305 g/mol. The third-order valence-corrected chi connectivity index (χ3v) is 4.28. The van der Waals surface area contributed by atoms with Gasteiger partial charge < -0.3 is 24.3 Å². The van der Waals surface area contributed by atoms with Gasteiger partial charge in [-0.1, -0.05) is 30.3 Å². The fraction of sp³-hybridized carbons (Fsp3) is 0.562. The molecule has 0 aromatic heterocycles. The molecule has 118 valence electrons. The van der Waals surface area contributed by atoms with Crippen molar-refractivity contribution in [2.75, 3.05) is 13.2 Å². The SMILES string of the molecule is CC(=O)NC[C@@H]1O[C@@H]2COC(c3ccccc3)O[C@H]2[C@@H]2O[C@@H]21. The Kier molecular flexibility index (Phi) is 3.62. The summed E-state index contributed by atoms with van der Waals surface area (Å²) in [6.45, 7) is 2.42. The van der Waals surface area contributed by atoms with E-state index in [9.17, 15) is 4.79 Å². The molecule has 3 heterocycles. The number of hydrogen-bond donors (Lipinski definition) is 1. The van der Waals surface area contributed by atoms with E-state index in [1.807, 2.05) is 30.3 Å². The maximum absolute atomic E-state index is 11.0. The van der Waals surface area contributed by atoms with Gasteiger partial charge in [-0.05, 0) is 0 Å². The second kappa shape index (κ2) is 5.62. The summed E-state index contributed by atoms with van der Waals surface area (Å²) in [5.74, 6) is -0.0665. The normalized spacial score (nSPS) is 39.5. The van der Waals surface area contributed by atoms with Crippen LogP contribution in [0.25, 0.3) is 0 Å². The highest BCUT2D eigenvalue weighted by Crippen LogP contribution is 2.43. The number of fused-ring (bicyclic) bond motifs is 3. The first-order chi connectivity index (χ1) is 10.7. The average Bonchev–Trinajstić information content (AvgIpc) is 3.34. The number of carbonyl (C=O) groups is 1. The molecule has 6 atom stereocenters. The van der Waals surface area contributed by atoms with E-state index in [2.05, 4.69) is 5.32 Å². The molecule has 4 rings (SSSR count). The summed E-state index contributed by atoms with van der Waals surface area (Å²) in [6.07, 6.45) is -0.728. The van der Waals surface area contributed by atoms with Crippen LogP contribution in [0.15, 0.2) is 30.3 Å². The minimum atomic E-state index is -0.372. The zero-order valence-corrected chi connectivity index (χ0v) is 12.3. The van der Waals surface area contributed by atoms with Crippen molar-refractivity contribution in [2.24, 2.45) is 0 Å². The van der Waals surface area contributed by atoms with Crippen LogP contribution in [0.1, 0.15) is 18.8 Å². The molecule has 3 aliphatic heterocycles. The number of benzene rings is 1. The summed E-state index contributed by atoms with van der Waals surface area (Å²) in [5, 5.41) is 2.78. The molecule has 0 saturated carbocycles. The highest BCUT2D eigenvalue weighted by Gasteiger charge is 2.60. The molecular formula is C16H19NO5. The zero-order chi connectivity index (χ0) is 15.1. The van der Waals surface area contributed by atoms with Crippen LogP contribution in [0.3, 0.4) is 0 Å². The number of ether oxygens (including phenoxy) is 4. The summed E-state index contributed by atoms with van der Waals surface area (Å²) < 4.78 is 23.5. The lowest BCUT2D eigenvalue weighted by Crippen LogP contribution is -2.54. The molecular weight excluding hydrogens is 286 g/mol. The lowest BCUT2D eigenvalue weighted by Gasteiger charge is -2.40. The Morgan fingerprint density at radius 1 is 1.14 bits per heavy atom. The molecule has 0 bridgehead atoms. The standard InChI is InChI=1S/C16H19NO5/c1-9(18)17-7-11-13-15(21-13)14-12(20-11)8-19-16(22-14)10-5-3-2-4-6-10/h2-6,11-16H,7-8H2,1H3,(H,17,18)/t11-,12+,13+,14+,15+,16?/m0/s1. The molecule has 1 N–H and O–H groups in total. The van der Waals surface area contributed by atoms with Crippen LogP contribution in [0.5, 0.6) is 0 Å². The number of epoxide rings is 1. The minimum absolute atomic E-state index is 0.00243. The van der Waals surface area contributed by atoms with Crippen molar-refractivity contribution in [3.05, 3.63) is 35.9 Å². The third-order valence-electron chi connectivity index (χ3n) is 4.28. The van der Waals surface area contributed by atoms with Gasteiger partial charge in [-0.15, -0.1) is 0 Å². The van der Waals surface area contributed by atoms with E-state index in [1.54, 1.807) is 0 Å². The van der Waals surface area contributed by atoms with E-state index in [0.29, 0.717) is 13.2 Å². The molecule has 22 heavy (non-hydrogen) atoms. The molecule has 0 aliphatic carbocycles. The van der Waals surface area contributed by atoms with Crippen molar-refractivity contribution in [1.82, 2.24) is 5.32 Å². The maximum atomic E-state index is 11.0. The van der Waals surface area contributed by atoms with E-state index in [0.717, 1.165) is 5.56 Å². The topological polar surface area (TPSA) is 69.3 Å². The molecule has 6 heteroatoms. The minimum Gasteiger partial charge on any atom is -0.365 e. The van der Waals surface area contributed by atoms with Gasteiger partial charge in [0.2, 0.25) is 5.91 Å². The predicted octanol–water partition coefficient (Wildman–Crippen LogP) is 0.771. The van der Waals surface area contributed by atoms with Gasteiger partial charge in [-0.3, -0.25) is 4.79 Å². The van der Waals surface area contributed by atoms with Gasteiger partial charge in [-0.2, -0.15) is 0 Å². The molecule has 0 spiro atoms. The molecule has 0 radical (unpaired) electrons. The second-order valence-electron chi connectivity index (χ2n) is 5.89. The zero-order valence-electron chi connectivity index (χ0n) is 12.3. The van der Waals surface area contributed by atoms with Gasteiger partial charge >= 0.3 is 0 Å². The fourth-order valence-corrected chi connectivity index (χ4v) is 3.15. The maximum Gasteiger partial charge on any atom is 0.216 e. The van der Waals surface area contributed by atoms with Crippen LogP contribution in [0.4, 0.5) is 0 Å². The van der Waals surface area contributed by atoms with Crippen molar-refractivity contribution >= 4 is 5.91 Å². The predicted molar refractivity (Wildman–Crippen MR) is 76.0 cm³/mol. The Morgan fingerprint density at radius 3 is 2.73 bits per heavy atom. The van der Waals surface area contributed by atoms with E-state index < -0.39 is 0 Å². The van der Waals surface area contributed by atoms with Gasteiger partial charge in [0, 0.05) is 19.0 Å². The summed E-state index contributed by atoms with van der Waals surface area (Å²) >= 11 is 0. The van der Waals surface area contributed by atoms with E-state index >= 15 is 0 Å². The Morgan fingerprint density at radius 2 is 1.95 bits per heavy atom. The first-order valence-electron chi connectivity index (χ1n) is 7.60. The van der Waals surface area contributed by atoms with Crippen molar-refractivity contribution in [3.63, 3.8) is 0 Å². The quantitative estimate of drug-likeness (QED) is 0.836.